The lowest BCUT2D eigenvalue weighted by Gasteiger charge is -2.07. The summed E-state index contributed by atoms with van der Waals surface area (Å²) in [6.45, 7) is 2.36. The van der Waals surface area contributed by atoms with Crippen molar-refractivity contribution in [1.29, 1.82) is 0 Å². The molecule has 2 amide bonds. The predicted octanol–water partition coefficient (Wildman–Crippen LogP) is 5.05. The molecule has 2 aromatic carbocycles. The fourth-order valence-electron chi connectivity index (χ4n) is 3.37. The zero-order valence-corrected chi connectivity index (χ0v) is 19.1. The van der Waals surface area contributed by atoms with Gasteiger partial charge >= 0.3 is 0 Å². The van der Waals surface area contributed by atoms with Crippen LogP contribution in [-0.2, 0) is 20.1 Å². The van der Waals surface area contributed by atoms with Gasteiger partial charge in [0, 0.05) is 24.6 Å². The highest BCUT2D eigenvalue weighted by molar-refractivity contribution is 6.04. The lowest BCUT2D eigenvalue weighted by molar-refractivity contribution is 0.0991. The third-order valence-corrected chi connectivity index (χ3v) is 5.05. The number of furan rings is 1. The van der Waals surface area contributed by atoms with Crippen LogP contribution < -0.4 is 15.4 Å². The number of aromatic nitrogens is 2. The second-order valence-corrected chi connectivity index (χ2v) is 7.81. The highest BCUT2D eigenvalue weighted by atomic mass is 16.5. The van der Waals surface area contributed by atoms with Crippen LogP contribution in [0.2, 0.25) is 0 Å². The Morgan fingerprint density at radius 3 is 2.38 bits per heavy atom. The summed E-state index contributed by atoms with van der Waals surface area (Å²) in [5.41, 5.74) is 2.63. The normalized spacial score (nSPS) is 10.6. The van der Waals surface area contributed by atoms with Crippen molar-refractivity contribution < 1.29 is 18.7 Å². The van der Waals surface area contributed by atoms with Crippen molar-refractivity contribution >= 4 is 23.2 Å². The molecule has 0 aliphatic rings. The average Bonchev–Trinajstić information content (AvgIpc) is 3.48. The van der Waals surface area contributed by atoms with Gasteiger partial charge in [0.2, 0.25) is 0 Å². The van der Waals surface area contributed by atoms with Crippen LogP contribution in [-0.4, -0.2) is 21.6 Å². The molecular weight excluding hydrogens is 432 g/mol. The van der Waals surface area contributed by atoms with Gasteiger partial charge in [0.15, 0.2) is 11.5 Å². The zero-order valence-electron chi connectivity index (χ0n) is 19.1. The van der Waals surface area contributed by atoms with Crippen LogP contribution in [0.3, 0.4) is 0 Å². The molecule has 0 aliphatic carbocycles. The van der Waals surface area contributed by atoms with E-state index in [1.807, 2.05) is 24.3 Å². The molecule has 0 unspecified atom stereocenters. The quantitative estimate of drug-likeness (QED) is 0.366. The van der Waals surface area contributed by atoms with Gasteiger partial charge < -0.3 is 19.8 Å². The minimum absolute atomic E-state index is 0.166. The Bertz CT molecular complexity index is 1270. The Balaban J connectivity index is 1.32. The van der Waals surface area contributed by atoms with Crippen molar-refractivity contribution in [2.24, 2.45) is 7.05 Å². The number of hydrogen-bond donors (Lipinski definition) is 2. The van der Waals surface area contributed by atoms with Crippen molar-refractivity contribution in [3.63, 3.8) is 0 Å². The number of aryl methyl sites for hydroxylation is 2. The first kappa shape index (κ1) is 22.8. The van der Waals surface area contributed by atoms with Crippen LogP contribution in [0.4, 0.5) is 11.4 Å². The number of amides is 2. The topological polar surface area (TPSA) is 98.4 Å². The van der Waals surface area contributed by atoms with E-state index in [0.717, 1.165) is 18.6 Å². The molecule has 4 aromatic rings. The molecule has 2 heterocycles. The SMILES string of the molecule is CCCc1ccc(OCc2ccc(C(=O)Nc3cccc(NC(=O)c4ccn(C)n4)c3)o2)cc1. The minimum atomic E-state index is -0.400. The van der Waals surface area contributed by atoms with Crippen LogP contribution in [0.25, 0.3) is 0 Å². The second-order valence-electron chi connectivity index (χ2n) is 7.81. The summed E-state index contributed by atoms with van der Waals surface area (Å²) < 4.78 is 12.9. The lowest BCUT2D eigenvalue weighted by Crippen LogP contribution is -2.14. The first-order valence-corrected chi connectivity index (χ1v) is 11.0. The van der Waals surface area contributed by atoms with E-state index in [1.165, 1.54) is 5.56 Å². The first-order valence-electron chi connectivity index (χ1n) is 11.0. The predicted molar refractivity (Wildman–Crippen MR) is 129 cm³/mol. The summed E-state index contributed by atoms with van der Waals surface area (Å²) in [7, 11) is 1.74. The maximum Gasteiger partial charge on any atom is 0.291 e. The van der Waals surface area contributed by atoms with E-state index in [0.29, 0.717) is 22.8 Å². The van der Waals surface area contributed by atoms with Crippen LogP contribution in [0.15, 0.2) is 77.3 Å². The van der Waals surface area contributed by atoms with Gasteiger partial charge in [-0.1, -0.05) is 31.5 Å². The summed E-state index contributed by atoms with van der Waals surface area (Å²) in [6.07, 6.45) is 3.83. The fourth-order valence-corrected chi connectivity index (χ4v) is 3.37. The standard InChI is InChI=1S/C26H26N4O4/c1-3-5-18-8-10-21(11-9-18)33-17-22-12-13-24(34-22)26(32)28-20-7-4-6-19(16-20)27-25(31)23-14-15-30(2)29-23/h4,6-16H,3,5,17H2,1-2H3,(H,27,31)(H,28,32). The number of nitrogens with one attached hydrogen (secondary N) is 2. The number of benzene rings is 2. The van der Waals surface area contributed by atoms with Crippen molar-refractivity contribution in [3.05, 3.63) is 95.7 Å². The Hall–Kier alpha value is -4.33. The second kappa shape index (κ2) is 10.5. The number of rotatable bonds is 9. The molecule has 0 saturated heterocycles. The van der Waals surface area contributed by atoms with Crippen molar-refractivity contribution in [2.75, 3.05) is 10.6 Å². The number of anilines is 2. The number of carbonyl (C=O) groups excluding carboxylic acids is 2. The summed E-state index contributed by atoms with van der Waals surface area (Å²) >= 11 is 0. The first-order chi connectivity index (χ1) is 16.5. The molecule has 2 N–H and O–H groups in total. The van der Waals surface area contributed by atoms with Gasteiger partial charge in [-0.25, -0.2) is 0 Å². The third kappa shape index (κ3) is 5.92. The van der Waals surface area contributed by atoms with Gasteiger partial charge in [-0.3, -0.25) is 14.3 Å². The largest absolute Gasteiger partial charge is 0.486 e. The summed E-state index contributed by atoms with van der Waals surface area (Å²) in [6, 6.07) is 19.7. The average molecular weight is 459 g/mol. The molecule has 4 rings (SSSR count). The Kier molecular flexibility index (Phi) is 7.07. The minimum Gasteiger partial charge on any atom is -0.486 e. The van der Waals surface area contributed by atoms with E-state index in [9.17, 15) is 9.59 Å². The molecule has 0 spiro atoms. The maximum absolute atomic E-state index is 12.6. The lowest BCUT2D eigenvalue weighted by atomic mass is 10.1. The van der Waals surface area contributed by atoms with Gasteiger partial charge in [-0.2, -0.15) is 5.10 Å². The highest BCUT2D eigenvalue weighted by Gasteiger charge is 2.13. The molecule has 0 atom stereocenters. The molecule has 8 heteroatoms. The van der Waals surface area contributed by atoms with E-state index in [4.69, 9.17) is 9.15 Å². The van der Waals surface area contributed by atoms with Gasteiger partial charge in [0.25, 0.3) is 11.8 Å². The molecule has 8 nitrogen and oxygen atoms in total. The molecule has 174 valence electrons. The molecule has 0 bridgehead atoms. The molecular formula is C26H26N4O4. The smallest absolute Gasteiger partial charge is 0.291 e. The van der Waals surface area contributed by atoms with Crippen LogP contribution in [0, 0.1) is 0 Å². The van der Waals surface area contributed by atoms with Crippen molar-refractivity contribution in [2.45, 2.75) is 26.4 Å². The maximum atomic E-state index is 12.6. The van der Waals surface area contributed by atoms with E-state index < -0.39 is 5.91 Å². The van der Waals surface area contributed by atoms with E-state index in [1.54, 1.807) is 60.4 Å². The van der Waals surface area contributed by atoms with E-state index in [-0.39, 0.29) is 18.3 Å². The Morgan fingerprint density at radius 2 is 1.71 bits per heavy atom. The molecule has 0 radical (unpaired) electrons. The number of ether oxygens (including phenoxy) is 1. The van der Waals surface area contributed by atoms with Gasteiger partial charge in [0.05, 0.1) is 0 Å². The molecule has 2 aromatic heterocycles. The van der Waals surface area contributed by atoms with Crippen LogP contribution in [0.1, 0.15) is 45.7 Å². The molecule has 0 fully saturated rings. The number of nitrogens with zero attached hydrogens (tertiary/aromatic N) is 2. The molecule has 0 aliphatic heterocycles. The number of hydrogen-bond acceptors (Lipinski definition) is 5. The number of carbonyl (C=O) groups is 2. The third-order valence-electron chi connectivity index (χ3n) is 5.05. The van der Waals surface area contributed by atoms with Crippen molar-refractivity contribution in [1.82, 2.24) is 9.78 Å². The monoisotopic (exact) mass is 458 g/mol. The van der Waals surface area contributed by atoms with E-state index >= 15 is 0 Å². The Labute approximate surface area is 197 Å². The summed E-state index contributed by atoms with van der Waals surface area (Å²) in [4.78, 5) is 24.9. The van der Waals surface area contributed by atoms with Crippen LogP contribution in [0.5, 0.6) is 5.75 Å². The molecule has 34 heavy (non-hydrogen) atoms. The fraction of sp³-hybridized carbons (Fsp3) is 0.192. The van der Waals surface area contributed by atoms with Crippen LogP contribution >= 0.6 is 0 Å². The molecule has 0 saturated carbocycles. The summed E-state index contributed by atoms with van der Waals surface area (Å²) in [5.74, 6) is 0.717. The van der Waals surface area contributed by atoms with Gasteiger partial charge in [0.1, 0.15) is 18.1 Å². The zero-order chi connectivity index (χ0) is 23.9. The van der Waals surface area contributed by atoms with Crippen molar-refractivity contribution in [3.8, 4) is 5.75 Å². The van der Waals surface area contributed by atoms with Gasteiger partial charge in [-0.15, -0.1) is 0 Å². The van der Waals surface area contributed by atoms with E-state index in [2.05, 4.69) is 22.7 Å². The Morgan fingerprint density at radius 1 is 0.971 bits per heavy atom. The van der Waals surface area contributed by atoms with Gasteiger partial charge in [-0.05, 0) is 60.5 Å². The summed E-state index contributed by atoms with van der Waals surface area (Å²) in [5, 5.41) is 9.62. The highest BCUT2D eigenvalue weighted by Crippen LogP contribution is 2.19.